The molecule has 0 saturated heterocycles. The van der Waals surface area contributed by atoms with E-state index in [0.29, 0.717) is 23.1 Å². The van der Waals surface area contributed by atoms with Crippen LogP contribution >= 0.6 is 27.5 Å². The second kappa shape index (κ2) is 9.29. The summed E-state index contributed by atoms with van der Waals surface area (Å²) in [5.41, 5.74) is 6.37. The lowest BCUT2D eigenvalue weighted by molar-refractivity contribution is -0.0854. The van der Waals surface area contributed by atoms with Gasteiger partial charge >= 0.3 is 0 Å². The van der Waals surface area contributed by atoms with Crippen LogP contribution in [0.2, 0.25) is 18.1 Å². The monoisotopic (exact) mass is 425 g/mol. The average molecular weight is 427 g/mol. The molecular formula is C14H25BrClNO3Si2. The zero-order valence-electron chi connectivity index (χ0n) is 13.6. The van der Waals surface area contributed by atoms with Crippen LogP contribution in [0, 0.1) is 5.41 Å². The quantitative estimate of drug-likeness (QED) is 0.374. The minimum atomic E-state index is -0.510. The van der Waals surface area contributed by atoms with Crippen molar-refractivity contribution in [1.82, 2.24) is 0 Å². The molecule has 0 aliphatic heterocycles. The van der Waals surface area contributed by atoms with Gasteiger partial charge in [-0.25, -0.2) is 0 Å². The zero-order chi connectivity index (χ0) is 16.8. The molecule has 1 aromatic rings. The molecule has 0 aliphatic rings. The van der Waals surface area contributed by atoms with Crippen LogP contribution in [0.1, 0.15) is 20.3 Å². The van der Waals surface area contributed by atoms with Crippen LogP contribution in [0.4, 0.5) is 5.69 Å². The number of ether oxygens (including phenoxy) is 1. The van der Waals surface area contributed by atoms with E-state index in [0.717, 1.165) is 10.9 Å². The first-order valence-corrected chi connectivity index (χ1v) is 12.6. The predicted octanol–water partition coefficient (Wildman–Crippen LogP) is 3.10. The highest BCUT2D eigenvalue weighted by Gasteiger charge is 2.30. The van der Waals surface area contributed by atoms with E-state index in [4.69, 9.17) is 30.9 Å². The largest absolute Gasteiger partial charge is 0.492 e. The maximum Gasteiger partial charge on any atom is 0.161 e. The smallest absolute Gasteiger partial charge is 0.161 e. The number of hydrogen-bond donors (Lipinski definition) is 1. The Morgan fingerprint density at radius 1 is 1.27 bits per heavy atom. The molecule has 0 aromatic heterocycles. The molecule has 0 saturated carbocycles. The number of benzene rings is 1. The first kappa shape index (κ1) is 20.0. The minimum absolute atomic E-state index is 0.0978. The van der Waals surface area contributed by atoms with Crippen molar-refractivity contribution in [3.8, 4) is 5.75 Å². The van der Waals surface area contributed by atoms with Crippen molar-refractivity contribution in [1.29, 1.82) is 0 Å². The Bertz CT molecular complexity index is 485. The lowest BCUT2D eigenvalue weighted by Gasteiger charge is -2.34. The van der Waals surface area contributed by atoms with Gasteiger partial charge in [0.05, 0.1) is 11.6 Å². The van der Waals surface area contributed by atoms with Gasteiger partial charge in [-0.2, -0.15) is 0 Å². The van der Waals surface area contributed by atoms with Crippen LogP contribution in [0.25, 0.3) is 0 Å². The SMILES string of the molecule is C[SiH2]OC(O[SiH2]C)C(C)(C)CCOc1cc(N)c(Br)cc1Cl. The highest BCUT2D eigenvalue weighted by atomic mass is 79.9. The fraction of sp³-hybridized carbons (Fsp3) is 0.571. The summed E-state index contributed by atoms with van der Waals surface area (Å²) in [7, 11) is -1.02. The molecule has 0 spiro atoms. The Kier molecular flexibility index (Phi) is 8.44. The highest BCUT2D eigenvalue weighted by molar-refractivity contribution is 9.10. The topological polar surface area (TPSA) is 53.7 Å². The number of nitrogens with two attached hydrogens (primary N) is 1. The molecule has 126 valence electrons. The van der Waals surface area contributed by atoms with Crippen LogP contribution < -0.4 is 10.5 Å². The third-order valence-corrected chi connectivity index (χ3v) is 5.58. The van der Waals surface area contributed by atoms with E-state index < -0.39 is 19.5 Å². The summed E-state index contributed by atoms with van der Waals surface area (Å²) in [4.78, 5) is 0. The lowest BCUT2D eigenvalue weighted by atomic mass is 9.89. The van der Waals surface area contributed by atoms with Crippen molar-refractivity contribution in [2.24, 2.45) is 5.41 Å². The van der Waals surface area contributed by atoms with Gasteiger partial charge in [0.15, 0.2) is 19.5 Å². The first-order valence-electron chi connectivity index (χ1n) is 7.42. The summed E-state index contributed by atoms with van der Waals surface area (Å²) >= 11 is 9.51. The summed E-state index contributed by atoms with van der Waals surface area (Å²) in [6, 6.07) is 3.49. The maximum absolute atomic E-state index is 6.16. The van der Waals surface area contributed by atoms with Gasteiger partial charge in [0.2, 0.25) is 0 Å². The zero-order valence-corrected chi connectivity index (χ0v) is 18.8. The standard InChI is InChI=1S/C14H25BrClNO3Si2/c1-14(2,13(19-21-3)20-22-4)5-6-18-12-8-11(17)9(15)7-10(12)16/h7-8,13H,5-6,17,21-22H2,1-4H3. The number of halogens is 2. The second-order valence-corrected chi connectivity index (χ2v) is 8.72. The Labute approximate surface area is 151 Å². The lowest BCUT2D eigenvalue weighted by Crippen LogP contribution is -2.37. The highest BCUT2D eigenvalue weighted by Crippen LogP contribution is 2.34. The third-order valence-electron chi connectivity index (χ3n) is 3.33. The van der Waals surface area contributed by atoms with Crippen molar-refractivity contribution >= 4 is 52.7 Å². The van der Waals surface area contributed by atoms with Gasteiger partial charge in [-0.3, -0.25) is 0 Å². The molecule has 0 aliphatic carbocycles. The molecule has 0 heterocycles. The Balaban J connectivity index is 2.63. The van der Waals surface area contributed by atoms with Crippen LogP contribution in [0.5, 0.6) is 5.75 Å². The normalized spacial score (nSPS) is 14.3. The fourth-order valence-electron chi connectivity index (χ4n) is 2.00. The molecule has 0 fully saturated rings. The summed E-state index contributed by atoms with van der Waals surface area (Å²) in [5, 5.41) is 0.546. The van der Waals surface area contributed by atoms with Gasteiger partial charge < -0.3 is 19.3 Å². The van der Waals surface area contributed by atoms with E-state index in [1.54, 1.807) is 12.1 Å². The van der Waals surface area contributed by atoms with Gasteiger partial charge in [0.25, 0.3) is 0 Å². The van der Waals surface area contributed by atoms with Gasteiger partial charge in [-0.05, 0) is 28.4 Å². The van der Waals surface area contributed by atoms with Crippen molar-refractivity contribution in [3.05, 3.63) is 21.6 Å². The van der Waals surface area contributed by atoms with E-state index in [1.165, 1.54) is 0 Å². The van der Waals surface area contributed by atoms with Gasteiger partial charge in [-0.15, -0.1) is 0 Å². The summed E-state index contributed by atoms with van der Waals surface area (Å²) in [5.74, 6) is 0.603. The van der Waals surface area contributed by atoms with Gasteiger partial charge in [-0.1, -0.05) is 38.5 Å². The van der Waals surface area contributed by atoms with Gasteiger partial charge in [0.1, 0.15) is 12.0 Å². The molecule has 0 unspecified atom stereocenters. The second-order valence-electron chi connectivity index (χ2n) is 5.63. The molecular weight excluding hydrogens is 402 g/mol. The molecule has 2 N–H and O–H groups in total. The van der Waals surface area contributed by atoms with Crippen LogP contribution in [-0.4, -0.2) is 32.4 Å². The number of anilines is 1. The van der Waals surface area contributed by atoms with E-state index in [9.17, 15) is 0 Å². The molecule has 4 nitrogen and oxygen atoms in total. The van der Waals surface area contributed by atoms with Crippen LogP contribution in [0.3, 0.4) is 0 Å². The minimum Gasteiger partial charge on any atom is -0.492 e. The first-order chi connectivity index (χ1) is 10.3. The molecule has 1 aromatic carbocycles. The predicted molar refractivity (Wildman–Crippen MR) is 102 cm³/mol. The average Bonchev–Trinajstić information content (AvgIpc) is 2.44. The molecule has 0 atom stereocenters. The number of nitrogen functional groups attached to an aromatic ring is 1. The Morgan fingerprint density at radius 2 is 1.86 bits per heavy atom. The van der Waals surface area contributed by atoms with E-state index >= 15 is 0 Å². The molecule has 0 bridgehead atoms. The van der Waals surface area contributed by atoms with Crippen LogP contribution in [0.15, 0.2) is 16.6 Å². The molecule has 0 radical (unpaired) electrons. The van der Waals surface area contributed by atoms with E-state index in [2.05, 4.69) is 42.9 Å². The number of hydrogen-bond acceptors (Lipinski definition) is 4. The van der Waals surface area contributed by atoms with Crippen molar-refractivity contribution < 1.29 is 13.6 Å². The van der Waals surface area contributed by atoms with E-state index in [1.807, 2.05) is 0 Å². The summed E-state index contributed by atoms with van der Waals surface area (Å²) in [6.45, 7) is 9.06. The van der Waals surface area contributed by atoms with Crippen molar-refractivity contribution in [2.75, 3.05) is 12.3 Å². The van der Waals surface area contributed by atoms with Crippen molar-refractivity contribution in [2.45, 2.75) is 39.7 Å². The number of rotatable bonds is 9. The molecule has 8 heteroatoms. The van der Waals surface area contributed by atoms with E-state index in [-0.39, 0.29) is 11.7 Å². The summed E-state index contributed by atoms with van der Waals surface area (Å²) in [6.07, 6.45) is 0.683. The third kappa shape index (κ3) is 5.86. The maximum atomic E-state index is 6.16. The molecule has 22 heavy (non-hydrogen) atoms. The van der Waals surface area contributed by atoms with Crippen molar-refractivity contribution in [3.63, 3.8) is 0 Å². The Morgan fingerprint density at radius 3 is 2.41 bits per heavy atom. The fourth-order valence-corrected chi connectivity index (χ4v) is 4.59. The molecule has 1 rings (SSSR count). The Hall–Kier alpha value is -0.0562. The molecule has 0 amide bonds. The van der Waals surface area contributed by atoms with Crippen LogP contribution in [-0.2, 0) is 8.85 Å². The van der Waals surface area contributed by atoms with Gasteiger partial charge in [0, 0.05) is 21.6 Å². The summed E-state index contributed by atoms with van der Waals surface area (Å²) < 4.78 is 18.3.